The summed E-state index contributed by atoms with van der Waals surface area (Å²) in [5, 5.41) is 21.8. The van der Waals surface area contributed by atoms with Crippen LogP contribution >= 0.6 is 0 Å². The number of rotatable bonds is 5. The molecule has 2 N–H and O–H groups in total. The third-order valence-corrected chi connectivity index (χ3v) is 2.67. The van der Waals surface area contributed by atoms with Gasteiger partial charge in [-0.3, -0.25) is 9.59 Å². The molecule has 7 nitrogen and oxygen atoms in total. The van der Waals surface area contributed by atoms with Crippen molar-refractivity contribution in [2.75, 3.05) is 0 Å². The molecule has 0 radical (unpaired) electrons. The van der Waals surface area contributed by atoms with Crippen molar-refractivity contribution in [2.45, 2.75) is 11.8 Å². The van der Waals surface area contributed by atoms with Gasteiger partial charge in [-0.1, -0.05) is 35.5 Å². The molecule has 1 heterocycles. The predicted octanol–water partition coefficient (Wildman–Crippen LogP) is 1.11. The molecule has 0 spiro atoms. The van der Waals surface area contributed by atoms with Gasteiger partial charge in [0.1, 0.15) is 5.92 Å². The van der Waals surface area contributed by atoms with Crippen LogP contribution in [0.4, 0.5) is 0 Å². The zero-order chi connectivity index (χ0) is 13.8. The Morgan fingerprint density at radius 3 is 2.16 bits per heavy atom. The minimum atomic E-state index is -1.43. The van der Waals surface area contributed by atoms with Crippen molar-refractivity contribution in [3.05, 3.63) is 48.1 Å². The van der Waals surface area contributed by atoms with Gasteiger partial charge in [0.2, 0.25) is 5.89 Å². The smallest absolute Gasteiger partial charge is 0.317 e. The molecule has 0 saturated heterocycles. The summed E-state index contributed by atoms with van der Waals surface area (Å²) in [6.07, 6.45) is 1.04. The van der Waals surface area contributed by atoms with Gasteiger partial charge >= 0.3 is 11.9 Å². The number of hydrogen-bond acceptors (Lipinski definition) is 5. The molecular weight excluding hydrogens is 252 g/mol. The summed E-state index contributed by atoms with van der Waals surface area (Å²) >= 11 is 0. The monoisotopic (exact) mass is 262 g/mol. The van der Waals surface area contributed by atoms with E-state index in [0.717, 1.165) is 6.33 Å². The summed E-state index contributed by atoms with van der Waals surface area (Å²) in [5.74, 6) is -5.55. The summed E-state index contributed by atoms with van der Waals surface area (Å²) in [5.41, 5.74) is 0.362. The molecule has 0 fully saturated rings. The van der Waals surface area contributed by atoms with E-state index in [4.69, 9.17) is 4.52 Å². The Kier molecular flexibility index (Phi) is 3.56. The van der Waals surface area contributed by atoms with Gasteiger partial charge in [0, 0.05) is 0 Å². The van der Waals surface area contributed by atoms with Crippen LogP contribution in [0.25, 0.3) is 0 Å². The van der Waals surface area contributed by atoms with Crippen LogP contribution in [0.2, 0.25) is 0 Å². The quantitative estimate of drug-likeness (QED) is 0.829. The van der Waals surface area contributed by atoms with Gasteiger partial charge in [-0.05, 0) is 5.56 Å². The molecule has 19 heavy (non-hydrogen) atoms. The molecule has 0 aliphatic carbocycles. The second kappa shape index (κ2) is 5.30. The summed E-state index contributed by atoms with van der Waals surface area (Å²) in [6, 6.07) is 8.08. The number of carboxylic acids is 2. The largest absolute Gasteiger partial charge is 0.481 e. The molecule has 2 aromatic rings. The Morgan fingerprint density at radius 2 is 1.68 bits per heavy atom. The van der Waals surface area contributed by atoms with Crippen molar-refractivity contribution in [2.24, 2.45) is 0 Å². The van der Waals surface area contributed by atoms with E-state index < -0.39 is 23.8 Å². The second-order valence-corrected chi connectivity index (χ2v) is 3.82. The fraction of sp³-hybridized carbons (Fsp3) is 0.167. The zero-order valence-corrected chi connectivity index (χ0v) is 9.63. The summed E-state index contributed by atoms with van der Waals surface area (Å²) in [4.78, 5) is 26.4. The number of nitrogens with zero attached hydrogens (tertiary/aromatic N) is 2. The number of hydrogen-bond donors (Lipinski definition) is 2. The molecule has 2 rings (SSSR count). The van der Waals surface area contributed by atoms with E-state index in [-0.39, 0.29) is 5.89 Å². The number of carboxylic acid groups (broad SMARTS) is 2. The van der Waals surface area contributed by atoms with E-state index in [1.807, 2.05) is 0 Å². The first-order valence-electron chi connectivity index (χ1n) is 5.38. The maximum atomic E-state index is 11.4. The van der Waals surface area contributed by atoms with Crippen molar-refractivity contribution in [1.82, 2.24) is 10.1 Å². The Balaban J connectivity index is 2.48. The first kappa shape index (κ1) is 12.7. The van der Waals surface area contributed by atoms with Crippen molar-refractivity contribution in [3.8, 4) is 0 Å². The van der Waals surface area contributed by atoms with Crippen LogP contribution in [0.1, 0.15) is 23.3 Å². The standard InChI is InChI=1S/C12H10N2O5/c15-11(16)8(7-4-2-1-3-5-7)9(12(17)18)10-13-6-14-19-10/h1-6,8-9H,(H,15,16)(H,17,18). The molecule has 0 aliphatic heterocycles. The van der Waals surface area contributed by atoms with E-state index in [1.54, 1.807) is 30.3 Å². The number of aromatic nitrogens is 2. The Morgan fingerprint density at radius 1 is 1.05 bits per heavy atom. The van der Waals surface area contributed by atoms with E-state index in [0.29, 0.717) is 5.56 Å². The lowest BCUT2D eigenvalue weighted by atomic mass is 9.86. The molecule has 2 atom stereocenters. The molecule has 2 unspecified atom stereocenters. The highest BCUT2D eigenvalue weighted by atomic mass is 16.5. The van der Waals surface area contributed by atoms with Crippen molar-refractivity contribution >= 4 is 11.9 Å². The molecule has 1 aromatic heterocycles. The van der Waals surface area contributed by atoms with Crippen molar-refractivity contribution in [1.29, 1.82) is 0 Å². The Labute approximate surface area is 107 Å². The highest BCUT2D eigenvalue weighted by Gasteiger charge is 2.39. The van der Waals surface area contributed by atoms with Crippen LogP contribution in [0.5, 0.6) is 0 Å². The predicted molar refractivity (Wildman–Crippen MR) is 61.5 cm³/mol. The van der Waals surface area contributed by atoms with E-state index in [2.05, 4.69) is 10.1 Å². The van der Waals surface area contributed by atoms with Gasteiger partial charge < -0.3 is 14.7 Å². The lowest BCUT2D eigenvalue weighted by Crippen LogP contribution is -2.26. The maximum absolute atomic E-state index is 11.4. The first-order valence-corrected chi connectivity index (χ1v) is 5.38. The minimum absolute atomic E-state index is 0.233. The molecule has 1 aromatic carbocycles. The number of aliphatic carboxylic acids is 2. The van der Waals surface area contributed by atoms with Gasteiger partial charge in [0.05, 0.1) is 0 Å². The summed E-state index contributed by atoms with van der Waals surface area (Å²) < 4.78 is 4.70. The van der Waals surface area contributed by atoms with Crippen molar-refractivity contribution in [3.63, 3.8) is 0 Å². The zero-order valence-electron chi connectivity index (χ0n) is 9.63. The van der Waals surface area contributed by atoms with Crippen LogP contribution in [0, 0.1) is 0 Å². The van der Waals surface area contributed by atoms with Crippen molar-refractivity contribution < 1.29 is 24.3 Å². The molecule has 0 bridgehead atoms. The highest BCUT2D eigenvalue weighted by molar-refractivity contribution is 5.87. The average molecular weight is 262 g/mol. The fourth-order valence-electron chi connectivity index (χ4n) is 1.85. The van der Waals surface area contributed by atoms with Crippen LogP contribution in [-0.2, 0) is 9.59 Å². The molecule has 0 saturated carbocycles. The topological polar surface area (TPSA) is 114 Å². The van der Waals surface area contributed by atoms with Crippen LogP contribution in [-0.4, -0.2) is 32.3 Å². The summed E-state index contributed by atoms with van der Waals surface area (Å²) in [6.45, 7) is 0. The second-order valence-electron chi connectivity index (χ2n) is 3.82. The van der Waals surface area contributed by atoms with E-state index >= 15 is 0 Å². The van der Waals surface area contributed by atoms with E-state index in [1.165, 1.54) is 0 Å². The van der Waals surface area contributed by atoms with E-state index in [9.17, 15) is 19.8 Å². The van der Waals surface area contributed by atoms with Crippen LogP contribution in [0.3, 0.4) is 0 Å². The SMILES string of the molecule is O=C(O)C(c1ccccc1)C(C(=O)O)c1ncno1. The first-order chi connectivity index (χ1) is 9.11. The molecule has 0 aliphatic rings. The average Bonchev–Trinajstić information content (AvgIpc) is 2.89. The van der Waals surface area contributed by atoms with Crippen LogP contribution < -0.4 is 0 Å². The molecule has 98 valence electrons. The lowest BCUT2D eigenvalue weighted by molar-refractivity contribution is -0.147. The third kappa shape index (κ3) is 2.59. The van der Waals surface area contributed by atoms with Gasteiger partial charge in [0.15, 0.2) is 12.2 Å². The molecule has 0 amide bonds. The van der Waals surface area contributed by atoms with Crippen LogP contribution in [0.15, 0.2) is 41.2 Å². The minimum Gasteiger partial charge on any atom is -0.481 e. The third-order valence-electron chi connectivity index (χ3n) is 2.67. The Bertz CT molecular complexity index is 567. The number of carbonyl (C=O) groups is 2. The lowest BCUT2D eigenvalue weighted by Gasteiger charge is -2.17. The highest BCUT2D eigenvalue weighted by Crippen LogP contribution is 2.32. The normalized spacial score (nSPS) is 13.7. The summed E-state index contributed by atoms with van der Waals surface area (Å²) in [7, 11) is 0. The number of benzene rings is 1. The molecular formula is C12H10N2O5. The van der Waals surface area contributed by atoms with Gasteiger partial charge in [-0.15, -0.1) is 0 Å². The fourth-order valence-corrected chi connectivity index (χ4v) is 1.85. The maximum Gasteiger partial charge on any atom is 0.317 e. The molecule has 7 heteroatoms. The van der Waals surface area contributed by atoms with Gasteiger partial charge in [-0.2, -0.15) is 4.98 Å². The van der Waals surface area contributed by atoms with Gasteiger partial charge in [0.25, 0.3) is 0 Å². The Hall–Kier alpha value is -2.70. The van der Waals surface area contributed by atoms with Gasteiger partial charge in [-0.25, -0.2) is 0 Å².